The predicted octanol–water partition coefficient (Wildman–Crippen LogP) is 13.4. The second-order valence-corrected chi connectivity index (χ2v) is 15.8. The lowest BCUT2D eigenvalue weighted by atomic mass is 10.0. The van der Waals surface area contributed by atoms with E-state index in [0.717, 1.165) is 22.6 Å². The van der Waals surface area contributed by atoms with Crippen molar-refractivity contribution < 1.29 is 9.90 Å². The molecule has 1 aliphatic heterocycles. The Balaban J connectivity index is 1.19. The van der Waals surface area contributed by atoms with Gasteiger partial charge in [0.1, 0.15) is 0 Å². The highest BCUT2D eigenvalue weighted by Gasteiger charge is 2.33. The van der Waals surface area contributed by atoms with Crippen molar-refractivity contribution in [1.82, 2.24) is 4.98 Å². The van der Waals surface area contributed by atoms with Crippen LogP contribution in [-0.2, 0) is 0 Å². The fourth-order valence-corrected chi connectivity index (χ4v) is 8.38. The molecule has 2 N–H and O–H groups in total. The van der Waals surface area contributed by atoms with Crippen LogP contribution in [0.1, 0.15) is 164 Å². The van der Waals surface area contributed by atoms with E-state index >= 15 is 0 Å². The Labute approximate surface area is 299 Å². The molecule has 0 bridgehead atoms. The summed E-state index contributed by atoms with van der Waals surface area (Å²) in [5.41, 5.74) is 3.90. The van der Waals surface area contributed by atoms with Crippen molar-refractivity contribution in [2.45, 2.75) is 152 Å². The zero-order valence-electron chi connectivity index (χ0n) is 29.8. The number of aromatic hydroxyl groups is 1. The molecule has 4 nitrogen and oxygen atoms in total. The maximum Gasteiger partial charge on any atom is 0.280 e. The number of thioether (sulfide) groups is 2. The van der Waals surface area contributed by atoms with Crippen LogP contribution in [0.15, 0.2) is 63.3 Å². The van der Waals surface area contributed by atoms with E-state index in [2.05, 4.69) is 48.1 Å². The number of aromatic amines is 1. The van der Waals surface area contributed by atoms with E-state index in [1.807, 2.05) is 47.8 Å². The van der Waals surface area contributed by atoms with Gasteiger partial charge in [-0.05, 0) is 54.2 Å². The molecule has 262 valence electrons. The summed E-state index contributed by atoms with van der Waals surface area (Å²) in [5.74, 6) is 1.95. The fraction of sp³-hybridized carbons (Fsp3) is 0.571. The van der Waals surface area contributed by atoms with Crippen LogP contribution < -0.4 is 0 Å². The minimum atomic E-state index is -0.301. The van der Waals surface area contributed by atoms with Crippen LogP contribution >= 0.6 is 23.5 Å². The van der Waals surface area contributed by atoms with Crippen LogP contribution in [0, 0.1) is 0 Å². The van der Waals surface area contributed by atoms with E-state index in [1.54, 1.807) is 0 Å². The molecule has 0 aliphatic carbocycles. The van der Waals surface area contributed by atoms with E-state index in [-0.39, 0.29) is 11.8 Å². The number of nitrogens with zero attached hydrogens (tertiary/aromatic N) is 1. The molecule has 0 saturated heterocycles. The first kappa shape index (κ1) is 38.4. The van der Waals surface area contributed by atoms with Crippen molar-refractivity contribution in [3.63, 3.8) is 0 Å². The van der Waals surface area contributed by atoms with Gasteiger partial charge in [0.15, 0.2) is 5.88 Å². The van der Waals surface area contributed by atoms with Crippen LogP contribution in [0.25, 0.3) is 11.3 Å². The van der Waals surface area contributed by atoms with Gasteiger partial charge < -0.3 is 10.1 Å². The number of unbranched alkanes of at least 4 members (excludes halogenated alkanes) is 18. The summed E-state index contributed by atoms with van der Waals surface area (Å²) in [6.45, 7) is 4.55. The Morgan fingerprint density at radius 1 is 0.542 bits per heavy atom. The molecule has 0 atom stereocenters. The molecule has 0 saturated carbocycles. The summed E-state index contributed by atoms with van der Waals surface area (Å²) in [5, 5.41) is 10.9. The van der Waals surface area contributed by atoms with Crippen LogP contribution in [0.5, 0.6) is 5.88 Å². The molecule has 1 aliphatic rings. The SMILES string of the molecule is CCCCCCCCCCCCSc1ccc(C2=NC(=O)c3c(-c4ccc(SCCCCCCCCCCCC)cc4)[nH]c(O)c32)cc1. The van der Waals surface area contributed by atoms with Gasteiger partial charge in [0, 0.05) is 15.4 Å². The molecule has 6 heteroatoms. The van der Waals surface area contributed by atoms with Crippen molar-refractivity contribution in [3.8, 4) is 17.1 Å². The zero-order valence-corrected chi connectivity index (χ0v) is 31.4. The normalized spacial score (nSPS) is 12.5. The molecular formula is C42H60N2O2S2. The predicted molar refractivity (Wildman–Crippen MR) is 209 cm³/mol. The van der Waals surface area contributed by atoms with Gasteiger partial charge in [-0.25, -0.2) is 4.99 Å². The number of nitrogens with one attached hydrogen (secondary N) is 1. The van der Waals surface area contributed by atoms with Crippen molar-refractivity contribution in [2.24, 2.45) is 4.99 Å². The molecule has 0 unspecified atom stereocenters. The Bertz CT molecular complexity index is 1380. The minimum absolute atomic E-state index is 0.00317. The first-order valence-corrected chi connectivity index (χ1v) is 21.1. The number of fused-ring (bicyclic) bond motifs is 1. The third-order valence-electron chi connectivity index (χ3n) is 9.45. The number of carbonyl (C=O) groups is 1. The number of aromatic nitrogens is 1. The van der Waals surface area contributed by atoms with Crippen molar-refractivity contribution >= 4 is 35.1 Å². The number of H-pyrrole nitrogens is 1. The highest BCUT2D eigenvalue weighted by Crippen LogP contribution is 2.38. The highest BCUT2D eigenvalue weighted by molar-refractivity contribution is 7.99. The lowest BCUT2D eigenvalue weighted by molar-refractivity contribution is 0.101. The average Bonchev–Trinajstić information content (AvgIpc) is 3.64. The summed E-state index contributed by atoms with van der Waals surface area (Å²) in [6, 6.07) is 16.6. The second-order valence-electron chi connectivity index (χ2n) is 13.5. The maximum absolute atomic E-state index is 13.1. The molecule has 0 fully saturated rings. The quantitative estimate of drug-likeness (QED) is 0.0651. The summed E-state index contributed by atoms with van der Waals surface area (Å²) in [6.07, 6.45) is 27.1. The summed E-state index contributed by atoms with van der Waals surface area (Å²) >= 11 is 3.78. The Morgan fingerprint density at radius 3 is 1.38 bits per heavy atom. The first-order chi connectivity index (χ1) is 23.6. The van der Waals surface area contributed by atoms with E-state index < -0.39 is 0 Å². The Kier molecular flexibility index (Phi) is 17.8. The smallest absolute Gasteiger partial charge is 0.280 e. The molecule has 1 amide bonds. The van der Waals surface area contributed by atoms with E-state index in [9.17, 15) is 9.90 Å². The molecule has 2 aromatic carbocycles. The van der Waals surface area contributed by atoms with Crippen molar-refractivity contribution in [3.05, 3.63) is 65.2 Å². The van der Waals surface area contributed by atoms with Gasteiger partial charge in [-0.2, -0.15) is 0 Å². The fourth-order valence-electron chi connectivity index (χ4n) is 6.56. The Hall–Kier alpha value is -2.44. The highest BCUT2D eigenvalue weighted by atomic mass is 32.2. The summed E-state index contributed by atoms with van der Waals surface area (Å²) in [4.78, 5) is 23.1. The number of amides is 1. The molecule has 1 aromatic heterocycles. The number of benzene rings is 2. The van der Waals surface area contributed by atoms with Gasteiger partial charge >= 0.3 is 0 Å². The van der Waals surface area contributed by atoms with Gasteiger partial charge in [0.25, 0.3) is 5.91 Å². The van der Waals surface area contributed by atoms with Gasteiger partial charge in [-0.1, -0.05) is 154 Å². The van der Waals surface area contributed by atoms with Crippen LogP contribution in [0.4, 0.5) is 0 Å². The summed E-state index contributed by atoms with van der Waals surface area (Å²) in [7, 11) is 0. The Morgan fingerprint density at radius 2 is 0.938 bits per heavy atom. The molecule has 3 aromatic rings. The number of rotatable bonds is 26. The molecule has 0 radical (unpaired) electrons. The van der Waals surface area contributed by atoms with Crippen LogP contribution in [-0.4, -0.2) is 33.2 Å². The number of carbonyl (C=O) groups excluding carboxylic acids is 1. The number of hydrogen-bond donors (Lipinski definition) is 2. The number of hydrogen-bond acceptors (Lipinski definition) is 4. The van der Waals surface area contributed by atoms with Gasteiger partial charge in [0.2, 0.25) is 0 Å². The van der Waals surface area contributed by atoms with Crippen LogP contribution in [0.2, 0.25) is 0 Å². The van der Waals surface area contributed by atoms with E-state index in [0.29, 0.717) is 22.5 Å². The van der Waals surface area contributed by atoms with Crippen molar-refractivity contribution in [1.29, 1.82) is 0 Å². The molecule has 2 heterocycles. The zero-order chi connectivity index (χ0) is 33.8. The largest absolute Gasteiger partial charge is 0.494 e. The lowest BCUT2D eigenvalue weighted by Crippen LogP contribution is -1.99. The molecule has 4 rings (SSSR count). The molecule has 48 heavy (non-hydrogen) atoms. The molecular weight excluding hydrogens is 629 g/mol. The topological polar surface area (TPSA) is 65.5 Å². The summed E-state index contributed by atoms with van der Waals surface area (Å²) < 4.78 is 0. The van der Waals surface area contributed by atoms with Gasteiger partial charge in [-0.3, -0.25) is 4.79 Å². The first-order valence-electron chi connectivity index (χ1n) is 19.2. The lowest BCUT2D eigenvalue weighted by Gasteiger charge is -2.05. The van der Waals surface area contributed by atoms with Crippen LogP contribution in [0.3, 0.4) is 0 Å². The standard InChI is InChI=1S/C42H60N2O2S2/c1-3-5-7-9-11-13-15-17-19-21-31-47-35-27-23-33(24-28-35)39-37-38(42(46)43-39)40(44-41(37)45)34-25-29-36(30-26-34)48-32-22-20-18-16-14-12-10-8-6-4-2/h23-30,43,46H,3-22,31-32H2,1-2H3. The maximum atomic E-state index is 13.1. The van der Waals surface area contributed by atoms with Crippen molar-refractivity contribution in [2.75, 3.05) is 11.5 Å². The molecule has 0 spiro atoms. The van der Waals surface area contributed by atoms with Gasteiger partial charge in [0.05, 0.1) is 22.5 Å². The van der Waals surface area contributed by atoms with Gasteiger partial charge in [-0.15, -0.1) is 23.5 Å². The monoisotopic (exact) mass is 688 g/mol. The van der Waals surface area contributed by atoms with E-state index in [1.165, 1.54) is 138 Å². The minimum Gasteiger partial charge on any atom is -0.494 e. The average molecular weight is 689 g/mol. The third kappa shape index (κ3) is 12.5. The second kappa shape index (κ2) is 22.3. The number of aliphatic imine (C=N–C) groups is 1. The third-order valence-corrected chi connectivity index (χ3v) is 11.6. The van der Waals surface area contributed by atoms with E-state index in [4.69, 9.17) is 0 Å².